The lowest BCUT2D eigenvalue weighted by Crippen LogP contribution is -2.26. The van der Waals surface area contributed by atoms with Crippen molar-refractivity contribution in [3.63, 3.8) is 0 Å². The second-order valence-electron chi connectivity index (χ2n) is 5.54. The zero-order valence-corrected chi connectivity index (χ0v) is 13.2. The molecular formula is C19H16N2O3. The highest BCUT2D eigenvalue weighted by atomic mass is 16.7. The summed E-state index contributed by atoms with van der Waals surface area (Å²) in [5, 5.41) is 0. The molecule has 0 spiro atoms. The maximum atomic E-state index is 12.7. The van der Waals surface area contributed by atoms with Gasteiger partial charge in [0.2, 0.25) is 6.79 Å². The third kappa shape index (κ3) is 2.50. The van der Waals surface area contributed by atoms with E-state index in [1.807, 2.05) is 71.6 Å². The maximum absolute atomic E-state index is 12.7. The van der Waals surface area contributed by atoms with Crippen LogP contribution in [0.1, 0.15) is 10.4 Å². The van der Waals surface area contributed by atoms with Crippen LogP contribution in [-0.4, -0.2) is 24.3 Å². The van der Waals surface area contributed by atoms with Crippen molar-refractivity contribution in [3.8, 4) is 17.2 Å². The van der Waals surface area contributed by atoms with Gasteiger partial charge in [-0.3, -0.25) is 4.79 Å². The van der Waals surface area contributed by atoms with Crippen molar-refractivity contribution in [1.82, 2.24) is 4.57 Å². The van der Waals surface area contributed by atoms with Crippen molar-refractivity contribution >= 4 is 11.6 Å². The summed E-state index contributed by atoms with van der Waals surface area (Å²) in [6, 6.07) is 16.9. The van der Waals surface area contributed by atoms with E-state index >= 15 is 0 Å². The van der Waals surface area contributed by atoms with Crippen molar-refractivity contribution in [3.05, 3.63) is 72.6 Å². The van der Waals surface area contributed by atoms with Crippen LogP contribution in [-0.2, 0) is 0 Å². The number of anilines is 1. The van der Waals surface area contributed by atoms with E-state index in [2.05, 4.69) is 0 Å². The second kappa shape index (κ2) is 5.77. The number of benzene rings is 2. The fraction of sp³-hybridized carbons (Fsp3) is 0.105. The molecule has 0 N–H and O–H groups in total. The Morgan fingerprint density at radius 1 is 1.00 bits per heavy atom. The number of aromatic nitrogens is 1. The van der Waals surface area contributed by atoms with Gasteiger partial charge in [0.25, 0.3) is 5.91 Å². The summed E-state index contributed by atoms with van der Waals surface area (Å²) in [5.74, 6) is 1.29. The van der Waals surface area contributed by atoms with Crippen LogP contribution in [0.15, 0.2) is 67.0 Å². The summed E-state index contributed by atoms with van der Waals surface area (Å²) in [7, 11) is 1.75. The lowest BCUT2D eigenvalue weighted by atomic mass is 10.1. The molecule has 3 aromatic rings. The van der Waals surface area contributed by atoms with Gasteiger partial charge >= 0.3 is 0 Å². The van der Waals surface area contributed by atoms with Gasteiger partial charge in [0.1, 0.15) is 0 Å². The number of hydrogen-bond acceptors (Lipinski definition) is 3. The molecule has 0 saturated heterocycles. The lowest BCUT2D eigenvalue weighted by Gasteiger charge is -2.18. The van der Waals surface area contributed by atoms with E-state index in [1.165, 1.54) is 0 Å². The lowest BCUT2D eigenvalue weighted by molar-refractivity contribution is 0.0993. The number of carbonyl (C=O) groups is 1. The molecule has 1 aromatic heterocycles. The van der Waals surface area contributed by atoms with Gasteiger partial charge < -0.3 is 18.9 Å². The number of carbonyl (C=O) groups excluding carboxylic acids is 1. The molecule has 24 heavy (non-hydrogen) atoms. The molecule has 0 aliphatic carbocycles. The molecule has 0 fully saturated rings. The topological polar surface area (TPSA) is 43.7 Å². The molecule has 1 amide bonds. The van der Waals surface area contributed by atoms with Crippen LogP contribution in [0.25, 0.3) is 5.69 Å². The predicted molar refractivity (Wildman–Crippen MR) is 91.1 cm³/mol. The van der Waals surface area contributed by atoms with E-state index in [9.17, 15) is 4.79 Å². The Labute approximate surface area is 139 Å². The van der Waals surface area contributed by atoms with Gasteiger partial charge in [0.15, 0.2) is 11.5 Å². The molecule has 1 aliphatic heterocycles. The highest BCUT2D eigenvalue weighted by Gasteiger charge is 2.18. The number of hydrogen-bond donors (Lipinski definition) is 0. The average molecular weight is 320 g/mol. The molecule has 0 saturated carbocycles. The fourth-order valence-electron chi connectivity index (χ4n) is 2.69. The Balaban J connectivity index is 1.56. The number of amides is 1. The standard InChI is InChI=1S/C19H16N2O3/c1-20(16-8-9-17-18(12-16)24-13-23-17)19(22)14-4-6-15(7-5-14)21-10-2-3-11-21/h2-12H,13H2,1H3. The Kier molecular flexibility index (Phi) is 3.46. The third-order valence-corrected chi connectivity index (χ3v) is 4.06. The van der Waals surface area contributed by atoms with Crippen LogP contribution in [0, 0.1) is 0 Å². The summed E-state index contributed by atoms with van der Waals surface area (Å²) < 4.78 is 12.7. The fourth-order valence-corrected chi connectivity index (χ4v) is 2.69. The van der Waals surface area contributed by atoms with E-state index in [1.54, 1.807) is 11.9 Å². The van der Waals surface area contributed by atoms with Crippen molar-refractivity contribution < 1.29 is 14.3 Å². The Bertz CT molecular complexity index is 870. The van der Waals surface area contributed by atoms with E-state index < -0.39 is 0 Å². The van der Waals surface area contributed by atoms with Crippen LogP contribution in [0.2, 0.25) is 0 Å². The minimum atomic E-state index is -0.0760. The van der Waals surface area contributed by atoms with Crippen LogP contribution in [0.4, 0.5) is 5.69 Å². The monoisotopic (exact) mass is 320 g/mol. The van der Waals surface area contributed by atoms with Gasteiger partial charge in [0, 0.05) is 42.4 Å². The van der Waals surface area contributed by atoms with Gasteiger partial charge in [0.05, 0.1) is 0 Å². The van der Waals surface area contributed by atoms with E-state index in [4.69, 9.17) is 9.47 Å². The number of ether oxygens (including phenoxy) is 2. The first-order chi connectivity index (χ1) is 11.7. The largest absolute Gasteiger partial charge is 0.454 e. The van der Waals surface area contributed by atoms with Crippen LogP contribution in [0.5, 0.6) is 11.5 Å². The van der Waals surface area contributed by atoms with E-state index in [-0.39, 0.29) is 12.7 Å². The molecule has 5 heteroatoms. The maximum Gasteiger partial charge on any atom is 0.258 e. The number of rotatable bonds is 3. The molecule has 0 unspecified atom stereocenters. The predicted octanol–water partition coefficient (Wildman–Crippen LogP) is 3.48. The van der Waals surface area contributed by atoms with Crippen molar-refractivity contribution in [2.75, 3.05) is 18.7 Å². The minimum absolute atomic E-state index is 0.0760. The van der Waals surface area contributed by atoms with Crippen molar-refractivity contribution in [2.45, 2.75) is 0 Å². The van der Waals surface area contributed by atoms with Gasteiger partial charge in [-0.15, -0.1) is 0 Å². The first-order valence-corrected chi connectivity index (χ1v) is 7.63. The average Bonchev–Trinajstić information content (AvgIpc) is 3.31. The molecule has 0 bridgehead atoms. The Morgan fingerprint density at radius 2 is 1.71 bits per heavy atom. The SMILES string of the molecule is CN(C(=O)c1ccc(-n2cccc2)cc1)c1ccc2c(c1)OCO2. The third-order valence-electron chi connectivity index (χ3n) is 4.06. The molecule has 0 atom stereocenters. The van der Waals surface area contributed by atoms with Gasteiger partial charge in [-0.2, -0.15) is 0 Å². The summed E-state index contributed by atoms with van der Waals surface area (Å²) >= 11 is 0. The Hall–Kier alpha value is -3.21. The molecule has 2 aromatic carbocycles. The minimum Gasteiger partial charge on any atom is -0.454 e. The summed E-state index contributed by atoms with van der Waals surface area (Å²) in [5.41, 5.74) is 2.41. The van der Waals surface area contributed by atoms with Crippen LogP contribution in [0.3, 0.4) is 0 Å². The Morgan fingerprint density at radius 3 is 2.46 bits per heavy atom. The molecule has 1 aliphatic rings. The molecular weight excluding hydrogens is 304 g/mol. The summed E-state index contributed by atoms with van der Waals surface area (Å²) in [6.45, 7) is 0.220. The van der Waals surface area contributed by atoms with Crippen molar-refractivity contribution in [1.29, 1.82) is 0 Å². The first-order valence-electron chi connectivity index (χ1n) is 7.63. The zero-order valence-electron chi connectivity index (χ0n) is 13.2. The van der Waals surface area contributed by atoms with Crippen molar-refractivity contribution in [2.24, 2.45) is 0 Å². The molecule has 4 rings (SSSR count). The zero-order chi connectivity index (χ0) is 16.5. The highest BCUT2D eigenvalue weighted by Crippen LogP contribution is 2.35. The molecule has 2 heterocycles. The smallest absolute Gasteiger partial charge is 0.258 e. The van der Waals surface area contributed by atoms with Gasteiger partial charge in [-0.05, 0) is 48.5 Å². The van der Waals surface area contributed by atoms with E-state index in [0.29, 0.717) is 17.1 Å². The molecule has 120 valence electrons. The normalized spacial score (nSPS) is 12.2. The quantitative estimate of drug-likeness (QED) is 0.742. The summed E-state index contributed by atoms with van der Waals surface area (Å²) in [4.78, 5) is 14.3. The number of nitrogens with zero attached hydrogens (tertiary/aromatic N) is 2. The highest BCUT2D eigenvalue weighted by molar-refractivity contribution is 6.06. The van der Waals surface area contributed by atoms with E-state index in [0.717, 1.165) is 11.4 Å². The molecule has 0 radical (unpaired) electrons. The second-order valence-corrected chi connectivity index (χ2v) is 5.54. The first kappa shape index (κ1) is 14.4. The van der Waals surface area contributed by atoms with Crippen LogP contribution < -0.4 is 14.4 Å². The van der Waals surface area contributed by atoms with Gasteiger partial charge in [-0.25, -0.2) is 0 Å². The summed E-state index contributed by atoms with van der Waals surface area (Å²) in [6.07, 6.45) is 3.94. The van der Waals surface area contributed by atoms with Gasteiger partial charge in [-0.1, -0.05) is 0 Å². The number of fused-ring (bicyclic) bond motifs is 1. The van der Waals surface area contributed by atoms with Crippen LogP contribution >= 0.6 is 0 Å². The molecule has 5 nitrogen and oxygen atoms in total.